The van der Waals surface area contributed by atoms with Crippen molar-refractivity contribution in [2.24, 2.45) is 0 Å². The van der Waals surface area contributed by atoms with Crippen LogP contribution in [0.3, 0.4) is 0 Å². The van der Waals surface area contributed by atoms with Gasteiger partial charge >= 0.3 is 0 Å². The van der Waals surface area contributed by atoms with Crippen molar-refractivity contribution in [3.63, 3.8) is 0 Å². The lowest BCUT2D eigenvalue weighted by Crippen LogP contribution is -2.66. The second-order valence-electron chi connectivity index (χ2n) is 12.6. The van der Waals surface area contributed by atoms with Crippen molar-refractivity contribution in [2.45, 2.75) is 26.2 Å². The van der Waals surface area contributed by atoms with Gasteiger partial charge in [-0.3, -0.25) is 0 Å². The minimum Gasteiger partial charge on any atom is -0.507 e. The third-order valence-corrected chi connectivity index (χ3v) is 13.8. The Labute approximate surface area is 261 Å². The number of fused-ring (bicyclic) bond motifs is 2. The molecule has 0 aliphatic carbocycles. The fourth-order valence-corrected chi connectivity index (χ4v) is 11.9. The number of phenolic OH excluding ortho intramolecular Hbond substituents is 1. The molecular weight excluding hydrogens is 549 g/mol. The predicted molar refractivity (Wildman–Crippen MR) is 189 cm³/mol. The van der Waals surface area contributed by atoms with Crippen LogP contribution < -0.4 is 15.6 Å². The normalized spacial score (nSPS) is 13.6. The van der Waals surface area contributed by atoms with Gasteiger partial charge in [-0.15, -0.1) is 0 Å². The lowest BCUT2D eigenvalue weighted by Gasteiger charge is -2.34. The van der Waals surface area contributed by atoms with Crippen LogP contribution in [-0.2, 0) is 5.41 Å². The molecule has 0 bridgehead atoms. The van der Waals surface area contributed by atoms with Gasteiger partial charge in [0, 0.05) is 10.9 Å². The van der Waals surface area contributed by atoms with Crippen molar-refractivity contribution in [2.75, 3.05) is 0 Å². The van der Waals surface area contributed by atoms with Crippen molar-refractivity contribution < 1.29 is 5.11 Å². The Balaban J connectivity index is 1.44. The van der Waals surface area contributed by atoms with Crippen LogP contribution in [0, 0.1) is 11.8 Å². The molecular formula is C42H34OSi. The van der Waals surface area contributed by atoms with Crippen LogP contribution >= 0.6 is 0 Å². The van der Waals surface area contributed by atoms with Crippen LogP contribution in [0.25, 0.3) is 22.0 Å². The van der Waals surface area contributed by atoms with Gasteiger partial charge in [-0.2, -0.15) is 0 Å². The lowest BCUT2D eigenvalue weighted by atomic mass is 9.85. The van der Waals surface area contributed by atoms with E-state index in [1.807, 2.05) is 6.07 Å². The van der Waals surface area contributed by atoms with E-state index < -0.39 is 8.07 Å². The van der Waals surface area contributed by atoms with E-state index in [4.69, 9.17) is 0 Å². The van der Waals surface area contributed by atoms with Gasteiger partial charge in [-0.25, -0.2) is 0 Å². The molecule has 1 nitrogen and oxygen atoms in total. The highest BCUT2D eigenvalue weighted by Crippen LogP contribution is 2.36. The molecule has 0 fully saturated rings. The summed E-state index contributed by atoms with van der Waals surface area (Å²) in [6, 6.07) is 49.6. The van der Waals surface area contributed by atoms with Crippen molar-refractivity contribution in [3.05, 3.63) is 167 Å². The first-order valence-electron chi connectivity index (χ1n) is 15.2. The molecule has 2 heteroatoms. The average Bonchev–Trinajstić information content (AvgIpc) is 3.40. The summed E-state index contributed by atoms with van der Waals surface area (Å²) in [6.45, 7) is 6.66. The van der Waals surface area contributed by atoms with Crippen LogP contribution in [0.15, 0.2) is 140 Å². The molecule has 0 radical (unpaired) electrons. The van der Waals surface area contributed by atoms with Crippen molar-refractivity contribution in [3.8, 4) is 17.6 Å². The highest BCUT2D eigenvalue weighted by molar-refractivity contribution is 7.25. The maximum atomic E-state index is 11.0. The number of aromatic hydroxyl groups is 1. The molecule has 0 saturated carbocycles. The monoisotopic (exact) mass is 582 g/mol. The molecule has 0 unspecified atom stereocenters. The third kappa shape index (κ3) is 4.58. The number of benzene rings is 6. The van der Waals surface area contributed by atoms with Crippen LogP contribution in [0.2, 0.25) is 0 Å². The van der Waals surface area contributed by atoms with E-state index in [9.17, 15) is 5.11 Å². The number of rotatable bonds is 3. The summed E-state index contributed by atoms with van der Waals surface area (Å²) in [5.74, 6) is 7.14. The van der Waals surface area contributed by atoms with Crippen molar-refractivity contribution >= 4 is 45.7 Å². The summed E-state index contributed by atoms with van der Waals surface area (Å²) >= 11 is 0. The van der Waals surface area contributed by atoms with E-state index in [2.05, 4.69) is 166 Å². The molecule has 1 aliphatic heterocycles. The molecule has 0 atom stereocenters. The van der Waals surface area contributed by atoms with Gasteiger partial charge in [-0.1, -0.05) is 166 Å². The maximum absolute atomic E-state index is 11.0. The van der Waals surface area contributed by atoms with Gasteiger partial charge in [0.2, 0.25) is 0 Å². The van der Waals surface area contributed by atoms with Crippen LogP contribution in [0.1, 0.15) is 48.6 Å². The van der Waals surface area contributed by atoms with E-state index >= 15 is 0 Å². The molecule has 0 amide bonds. The first-order chi connectivity index (χ1) is 21.4. The molecule has 1 heterocycles. The molecule has 0 aromatic heterocycles. The SMILES string of the molecule is CC(C)(C)c1ccc2c(C#Cc3ccccc3C3=Cc4ccccc4[Si]3(c3ccccc3)c3ccccc3)c(O)ccc2c1. The topological polar surface area (TPSA) is 20.2 Å². The summed E-state index contributed by atoms with van der Waals surface area (Å²) in [6.07, 6.45) is 2.39. The fraction of sp³-hybridized carbons (Fsp3) is 0.0952. The zero-order valence-electron chi connectivity index (χ0n) is 25.3. The summed E-state index contributed by atoms with van der Waals surface area (Å²) in [5, 5.41) is 18.5. The average molecular weight is 583 g/mol. The molecule has 1 aliphatic rings. The van der Waals surface area contributed by atoms with Gasteiger partial charge in [-0.05, 0) is 60.4 Å². The number of hydrogen-bond donors (Lipinski definition) is 1. The van der Waals surface area contributed by atoms with Crippen LogP contribution in [0.4, 0.5) is 0 Å². The molecule has 7 rings (SSSR count). The lowest BCUT2D eigenvalue weighted by molar-refractivity contribution is 0.474. The second-order valence-corrected chi connectivity index (χ2v) is 16.3. The molecule has 212 valence electrons. The Hall–Kier alpha value is -5.10. The van der Waals surface area contributed by atoms with Gasteiger partial charge in [0.05, 0.1) is 5.56 Å². The van der Waals surface area contributed by atoms with Gasteiger partial charge < -0.3 is 5.11 Å². The van der Waals surface area contributed by atoms with Crippen LogP contribution in [0.5, 0.6) is 5.75 Å². The highest BCUT2D eigenvalue weighted by Gasteiger charge is 2.48. The van der Waals surface area contributed by atoms with E-state index in [0.29, 0.717) is 5.56 Å². The molecule has 1 N–H and O–H groups in total. The Kier molecular flexibility index (Phi) is 6.85. The Bertz CT molecular complexity index is 2070. The first kappa shape index (κ1) is 27.7. The quantitative estimate of drug-likeness (QED) is 0.167. The Morgan fingerprint density at radius 1 is 0.614 bits per heavy atom. The second kappa shape index (κ2) is 10.9. The summed E-state index contributed by atoms with van der Waals surface area (Å²) in [5.41, 5.74) is 5.33. The standard InChI is InChI=1S/C42H34OSi/c1-42(2,3)33-24-26-36-31(28-33)23-27-39(43)38(36)25-22-30-14-10-12-20-37(30)41-29-32-15-11-13-21-40(32)44(41,34-16-6-4-7-17-34)35-18-8-5-9-19-35/h4-21,23-24,26-29,43H,1-3H3. The van der Waals surface area contributed by atoms with Crippen molar-refractivity contribution in [1.82, 2.24) is 0 Å². The molecule has 44 heavy (non-hydrogen) atoms. The largest absolute Gasteiger partial charge is 0.507 e. The molecule has 0 saturated heterocycles. The molecule has 6 aromatic rings. The van der Waals surface area contributed by atoms with E-state index in [0.717, 1.165) is 21.9 Å². The predicted octanol–water partition coefficient (Wildman–Crippen LogP) is 7.81. The van der Waals surface area contributed by atoms with Crippen LogP contribution in [-0.4, -0.2) is 13.2 Å². The summed E-state index contributed by atoms with van der Waals surface area (Å²) in [4.78, 5) is 0. The minimum absolute atomic E-state index is 0.0390. The highest BCUT2D eigenvalue weighted by atomic mass is 28.3. The number of phenols is 1. The Morgan fingerprint density at radius 3 is 1.95 bits per heavy atom. The summed E-state index contributed by atoms with van der Waals surface area (Å²) < 4.78 is 0. The third-order valence-electron chi connectivity index (χ3n) is 8.89. The molecule has 6 aromatic carbocycles. The fourth-order valence-electron chi connectivity index (χ4n) is 6.69. The van der Waals surface area contributed by atoms with E-state index in [-0.39, 0.29) is 11.2 Å². The minimum atomic E-state index is -2.65. The van der Waals surface area contributed by atoms with Crippen molar-refractivity contribution in [1.29, 1.82) is 0 Å². The summed E-state index contributed by atoms with van der Waals surface area (Å²) in [7, 11) is -2.65. The van der Waals surface area contributed by atoms with E-state index in [1.54, 1.807) is 6.07 Å². The van der Waals surface area contributed by atoms with Gasteiger partial charge in [0.15, 0.2) is 8.07 Å². The van der Waals surface area contributed by atoms with E-state index in [1.165, 1.54) is 31.9 Å². The Morgan fingerprint density at radius 2 is 1.25 bits per heavy atom. The van der Waals surface area contributed by atoms with Gasteiger partial charge in [0.1, 0.15) is 5.75 Å². The maximum Gasteiger partial charge on any atom is 0.180 e. The zero-order chi connectivity index (χ0) is 30.3. The van der Waals surface area contributed by atoms with Gasteiger partial charge in [0.25, 0.3) is 0 Å². The number of hydrogen-bond acceptors (Lipinski definition) is 1. The zero-order valence-corrected chi connectivity index (χ0v) is 26.3. The molecule has 0 spiro atoms. The smallest absolute Gasteiger partial charge is 0.180 e. The first-order valence-corrected chi connectivity index (χ1v) is 17.2.